The van der Waals surface area contributed by atoms with Crippen LogP contribution in [0.5, 0.6) is 0 Å². The predicted octanol–water partition coefficient (Wildman–Crippen LogP) is 1.59. The van der Waals surface area contributed by atoms with Gasteiger partial charge in [0.1, 0.15) is 0 Å². The number of benzene rings is 1. The van der Waals surface area contributed by atoms with E-state index in [0.717, 1.165) is 24.2 Å². The molecule has 1 aromatic rings. The van der Waals surface area contributed by atoms with Crippen molar-refractivity contribution in [1.82, 2.24) is 5.32 Å². The molecule has 0 fully saturated rings. The number of hydrogen-bond donors (Lipinski definition) is 1. The lowest BCUT2D eigenvalue weighted by Crippen LogP contribution is -2.37. The molecule has 2 amide bonds. The summed E-state index contributed by atoms with van der Waals surface area (Å²) in [6.07, 6.45) is 0.907. The first-order valence-electron chi connectivity index (χ1n) is 6.16. The largest absolute Gasteiger partial charge is 0.355 e. The van der Waals surface area contributed by atoms with Crippen LogP contribution in [-0.2, 0) is 11.2 Å². The van der Waals surface area contributed by atoms with Crippen LogP contribution in [0.3, 0.4) is 0 Å². The molecule has 0 radical (unpaired) electrons. The normalized spacial score (nSPS) is 18.2. The third kappa shape index (κ3) is 2.23. The molecule has 0 spiro atoms. The maximum Gasteiger partial charge on any atom is 0.251 e. The van der Waals surface area contributed by atoms with Gasteiger partial charge in [-0.25, -0.2) is 0 Å². The average Bonchev–Trinajstić information content (AvgIpc) is 2.35. The van der Waals surface area contributed by atoms with Crippen molar-refractivity contribution in [3.05, 3.63) is 29.3 Å². The summed E-state index contributed by atoms with van der Waals surface area (Å²) in [5.74, 6) is 0.377. The first-order chi connectivity index (χ1) is 8.52. The Morgan fingerprint density at radius 2 is 2.11 bits per heavy atom. The summed E-state index contributed by atoms with van der Waals surface area (Å²) in [6, 6.07) is 5.52. The van der Waals surface area contributed by atoms with Crippen LogP contribution < -0.4 is 10.2 Å². The van der Waals surface area contributed by atoms with Gasteiger partial charge in [-0.2, -0.15) is 0 Å². The van der Waals surface area contributed by atoms with E-state index in [1.165, 1.54) is 0 Å². The molecule has 0 aromatic heterocycles. The Morgan fingerprint density at radius 3 is 2.72 bits per heavy atom. The molecule has 1 aliphatic heterocycles. The fourth-order valence-corrected chi connectivity index (χ4v) is 2.45. The van der Waals surface area contributed by atoms with E-state index in [4.69, 9.17) is 0 Å². The van der Waals surface area contributed by atoms with Gasteiger partial charge in [-0.1, -0.05) is 6.92 Å². The number of hydrogen-bond acceptors (Lipinski definition) is 2. The number of amides is 2. The molecule has 2 rings (SSSR count). The van der Waals surface area contributed by atoms with Gasteiger partial charge in [-0.15, -0.1) is 0 Å². The number of nitrogens with one attached hydrogen (secondary N) is 1. The van der Waals surface area contributed by atoms with Crippen molar-refractivity contribution < 1.29 is 9.59 Å². The lowest BCUT2D eigenvalue weighted by molar-refractivity contribution is -0.116. The summed E-state index contributed by atoms with van der Waals surface area (Å²) < 4.78 is 0. The van der Waals surface area contributed by atoms with E-state index in [2.05, 4.69) is 12.2 Å². The van der Waals surface area contributed by atoms with Crippen molar-refractivity contribution in [2.24, 2.45) is 5.92 Å². The van der Waals surface area contributed by atoms with E-state index in [9.17, 15) is 9.59 Å². The zero-order valence-electron chi connectivity index (χ0n) is 11.0. The zero-order valence-corrected chi connectivity index (χ0v) is 11.0. The molecule has 4 heteroatoms. The smallest absolute Gasteiger partial charge is 0.251 e. The van der Waals surface area contributed by atoms with Crippen molar-refractivity contribution in [2.75, 3.05) is 18.5 Å². The van der Waals surface area contributed by atoms with Crippen LogP contribution in [-0.4, -0.2) is 25.4 Å². The van der Waals surface area contributed by atoms with Crippen molar-refractivity contribution >= 4 is 17.5 Å². The minimum absolute atomic E-state index is 0.0514. The lowest BCUT2D eigenvalue weighted by atomic mass is 9.92. The summed E-state index contributed by atoms with van der Waals surface area (Å²) in [5.41, 5.74) is 2.66. The van der Waals surface area contributed by atoms with Crippen LogP contribution in [0.15, 0.2) is 18.2 Å². The highest BCUT2D eigenvalue weighted by molar-refractivity contribution is 5.97. The third-order valence-electron chi connectivity index (χ3n) is 3.30. The molecule has 1 atom stereocenters. The molecule has 1 aliphatic rings. The van der Waals surface area contributed by atoms with Gasteiger partial charge >= 0.3 is 0 Å². The fourth-order valence-electron chi connectivity index (χ4n) is 2.45. The van der Waals surface area contributed by atoms with Crippen LogP contribution in [0.1, 0.15) is 29.8 Å². The van der Waals surface area contributed by atoms with Gasteiger partial charge in [0, 0.05) is 31.8 Å². The Bertz CT molecular complexity index is 497. The minimum Gasteiger partial charge on any atom is -0.355 e. The minimum atomic E-state index is -0.0922. The molecule has 96 valence electrons. The number of carbonyl (C=O) groups excluding carboxylic acids is 2. The molecular formula is C14H18N2O2. The molecule has 0 saturated heterocycles. The second kappa shape index (κ2) is 4.80. The van der Waals surface area contributed by atoms with Crippen molar-refractivity contribution in [3.8, 4) is 0 Å². The summed E-state index contributed by atoms with van der Waals surface area (Å²) in [6.45, 7) is 4.45. The van der Waals surface area contributed by atoms with Gasteiger partial charge in [0.25, 0.3) is 5.91 Å². The highest BCUT2D eigenvalue weighted by atomic mass is 16.2. The Morgan fingerprint density at radius 1 is 1.39 bits per heavy atom. The SMILES string of the molecule is CNC(=O)c1ccc2c(c1)CC(C)CN2C(C)=O. The standard InChI is InChI=1S/C14H18N2O2/c1-9-6-12-7-11(14(18)15-3)4-5-13(12)16(8-9)10(2)17/h4-5,7,9H,6,8H2,1-3H3,(H,15,18). The second-order valence-electron chi connectivity index (χ2n) is 4.86. The molecular weight excluding hydrogens is 228 g/mol. The fraction of sp³-hybridized carbons (Fsp3) is 0.429. The van der Waals surface area contributed by atoms with Gasteiger partial charge in [0.05, 0.1) is 0 Å². The molecule has 1 unspecified atom stereocenters. The Balaban J connectivity index is 2.43. The highest BCUT2D eigenvalue weighted by Gasteiger charge is 2.24. The molecule has 4 nitrogen and oxygen atoms in total. The number of fused-ring (bicyclic) bond motifs is 1. The molecule has 1 aromatic carbocycles. The highest BCUT2D eigenvalue weighted by Crippen LogP contribution is 2.30. The van der Waals surface area contributed by atoms with E-state index < -0.39 is 0 Å². The quantitative estimate of drug-likeness (QED) is 0.818. The zero-order chi connectivity index (χ0) is 13.3. The topological polar surface area (TPSA) is 49.4 Å². The average molecular weight is 246 g/mol. The van der Waals surface area contributed by atoms with Crippen molar-refractivity contribution in [3.63, 3.8) is 0 Å². The number of rotatable bonds is 1. The monoisotopic (exact) mass is 246 g/mol. The van der Waals surface area contributed by atoms with Gasteiger partial charge in [-0.05, 0) is 36.1 Å². The third-order valence-corrected chi connectivity index (χ3v) is 3.30. The Kier molecular flexibility index (Phi) is 3.36. The van der Waals surface area contributed by atoms with Crippen LogP contribution >= 0.6 is 0 Å². The Hall–Kier alpha value is -1.84. The molecule has 1 N–H and O–H groups in total. The summed E-state index contributed by atoms with van der Waals surface area (Å²) in [7, 11) is 1.62. The molecule has 0 bridgehead atoms. The first kappa shape index (κ1) is 12.6. The van der Waals surface area contributed by atoms with E-state index in [1.54, 1.807) is 24.9 Å². The van der Waals surface area contributed by atoms with Gasteiger partial charge in [-0.3, -0.25) is 9.59 Å². The first-order valence-corrected chi connectivity index (χ1v) is 6.16. The molecule has 18 heavy (non-hydrogen) atoms. The van der Waals surface area contributed by atoms with E-state index in [-0.39, 0.29) is 11.8 Å². The number of anilines is 1. The van der Waals surface area contributed by atoms with Crippen LogP contribution in [0, 0.1) is 5.92 Å². The molecule has 0 aliphatic carbocycles. The van der Waals surface area contributed by atoms with E-state index in [0.29, 0.717) is 11.5 Å². The van der Waals surface area contributed by atoms with Gasteiger partial charge < -0.3 is 10.2 Å². The molecule has 0 saturated carbocycles. The number of carbonyl (C=O) groups is 2. The number of nitrogens with zero attached hydrogens (tertiary/aromatic N) is 1. The van der Waals surface area contributed by atoms with Crippen LogP contribution in [0.2, 0.25) is 0 Å². The predicted molar refractivity (Wildman–Crippen MR) is 70.7 cm³/mol. The van der Waals surface area contributed by atoms with E-state index >= 15 is 0 Å². The van der Waals surface area contributed by atoms with E-state index in [1.807, 2.05) is 12.1 Å². The summed E-state index contributed by atoms with van der Waals surface area (Å²) in [5, 5.41) is 2.61. The van der Waals surface area contributed by atoms with Crippen LogP contribution in [0.4, 0.5) is 5.69 Å². The van der Waals surface area contributed by atoms with Gasteiger partial charge in [0.15, 0.2) is 0 Å². The molecule has 1 heterocycles. The van der Waals surface area contributed by atoms with Gasteiger partial charge in [0.2, 0.25) is 5.91 Å². The van der Waals surface area contributed by atoms with Crippen LogP contribution in [0.25, 0.3) is 0 Å². The summed E-state index contributed by atoms with van der Waals surface area (Å²) in [4.78, 5) is 25.0. The van der Waals surface area contributed by atoms with Crippen molar-refractivity contribution in [1.29, 1.82) is 0 Å². The maximum atomic E-state index is 11.6. The summed E-state index contributed by atoms with van der Waals surface area (Å²) >= 11 is 0. The maximum absolute atomic E-state index is 11.6. The second-order valence-corrected chi connectivity index (χ2v) is 4.86. The lowest BCUT2D eigenvalue weighted by Gasteiger charge is -2.32. The van der Waals surface area contributed by atoms with Crippen molar-refractivity contribution in [2.45, 2.75) is 20.3 Å². The Labute approximate surface area is 107 Å².